The maximum absolute atomic E-state index is 5.51. The molecular formula is C10H12O3. The molecule has 2 rings (SSSR count). The van der Waals surface area contributed by atoms with Crippen molar-refractivity contribution in [2.45, 2.75) is 6.29 Å². The normalized spacial score (nSPS) is 22.6. The molecule has 0 bridgehead atoms. The summed E-state index contributed by atoms with van der Waals surface area (Å²) >= 11 is 0. The first-order valence-electron chi connectivity index (χ1n) is 4.36. The van der Waals surface area contributed by atoms with Gasteiger partial charge in [0.2, 0.25) is 6.29 Å². The number of benzene rings is 1. The topological polar surface area (TPSA) is 27.7 Å². The fourth-order valence-corrected chi connectivity index (χ4v) is 1.19. The second kappa shape index (κ2) is 4.25. The highest BCUT2D eigenvalue weighted by atomic mass is 16.7. The Labute approximate surface area is 77.2 Å². The van der Waals surface area contributed by atoms with E-state index in [9.17, 15) is 0 Å². The monoisotopic (exact) mass is 180 g/mol. The lowest BCUT2D eigenvalue weighted by Crippen LogP contribution is -2.33. The maximum Gasteiger partial charge on any atom is 0.223 e. The fraction of sp³-hybridized carbons (Fsp3) is 0.400. The van der Waals surface area contributed by atoms with Gasteiger partial charge in [-0.25, -0.2) is 0 Å². The Balaban J connectivity index is 1.90. The molecule has 0 N–H and O–H groups in total. The fourth-order valence-electron chi connectivity index (χ4n) is 1.19. The van der Waals surface area contributed by atoms with Crippen molar-refractivity contribution in [3.8, 4) is 5.75 Å². The van der Waals surface area contributed by atoms with Gasteiger partial charge in [0.25, 0.3) is 0 Å². The van der Waals surface area contributed by atoms with Crippen LogP contribution in [0.2, 0.25) is 0 Å². The van der Waals surface area contributed by atoms with Crippen molar-refractivity contribution in [3.05, 3.63) is 30.3 Å². The summed E-state index contributed by atoms with van der Waals surface area (Å²) in [6.07, 6.45) is -0.254. The number of hydrogen-bond acceptors (Lipinski definition) is 3. The van der Waals surface area contributed by atoms with Crippen LogP contribution in [0.5, 0.6) is 5.75 Å². The minimum atomic E-state index is -0.254. The number of ether oxygens (including phenoxy) is 3. The highest BCUT2D eigenvalue weighted by Crippen LogP contribution is 2.12. The van der Waals surface area contributed by atoms with Gasteiger partial charge in [0.05, 0.1) is 13.2 Å². The average molecular weight is 180 g/mol. The highest BCUT2D eigenvalue weighted by Gasteiger charge is 2.14. The van der Waals surface area contributed by atoms with Gasteiger partial charge in [-0.3, -0.25) is 0 Å². The summed E-state index contributed by atoms with van der Waals surface area (Å²) in [4.78, 5) is 0. The Kier molecular flexibility index (Phi) is 2.79. The van der Waals surface area contributed by atoms with Crippen LogP contribution < -0.4 is 4.74 Å². The van der Waals surface area contributed by atoms with E-state index >= 15 is 0 Å². The molecule has 0 spiro atoms. The number of hydrogen-bond donors (Lipinski definition) is 0. The molecule has 1 heterocycles. The molecular weight excluding hydrogens is 168 g/mol. The summed E-state index contributed by atoms with van der Waals surface area (Å²) in [6.45, 7) is 1.78. The third-order valence-corrected chi connectivity index (χ3v) is 1.80. The van der Waals surface area contributed by atoms with E-state index in [2.05, 4.69) is 0 Å². The molecule has 1 aromatic rings. The molecule has 1 aliphatic heterocycles. The van der Waals surface area contributed by atoms with Gasteiger partial charge in [-0.15, -0.1) is 0 Å². The van der Waals surface area contributed by atoms with Gasteiger partial charge in [0.15, 0.2) is 0 Å². The Bertz CT molecular complexity index is 242. The lowest BCUT2D eigenvalue weighted by atomic mass is 10.3. The minimum absolute atomic E-state index is 0.254. The van der Waals surface area contributed by atoms with Gasteiger partial charge in [-0.2, -0.15) is 0 Å². The zero-order valence-corrected chi connectivity index (χ0v) is 7.31. The van der Waals surface area contributed by atoms with Gasteiger partial charge in [-0.05, 0) is 12.1 Å². The van der Waals surface area contributed by atoms with Gasteiger partial charge in [0, 0.05) is 0 Å². The molecule has 0 aromatic heterocycles. The summed E-state index contributed by atoms with van der Waals surface area (Å²) < 4.78 is 16.0. The third kappa shape index (κ3) is 2.44. The third-order valence-electron chi connectivity index (χ3n) is 1.80. The van der Waals surface area contributed by atoms with E-state index in [1.807, 2.05) is 30.3 Å². The molecule has 1 unspecified atom stereocenters. The van der Waals surface area contributed by atoms with E-state index in [1.165, 1.54) is 0 Å². The molecule has 1 aliphatic rings. The molecule has 0 aliphatic carbocycles. The quantitative estimate of drug-likeness (QED) is 0.689. The second-order valence-electron chi connectivity index (χ2n) is 2.81. The summed E-state index contributed by atoms with van der Waals surface area (Å²) in [7, 11) is 0. The van der Waals surface area contributed by atoms with Gasteiger partial charge in [0.1, 0.15) is 12.4 Å². The molecule has 70 valence electrons. The van der Waals surface area contributed by atoms with Crippen LogP contribution in [-0.4, -0.2) is 26.1 Å². The summed E-state index contributed by atoms with van der Waals surface area (Å²) in [5, 5.41) is 0. The van der Waals surface area contributed by atoms with E-state index < -0.39 is 0 Å². The van der Waals surface area contributed by atoms with Crippen molar-refractivity contribution in [3.63, 3.8) is 0 Å². The first-order valence-corrected chi connectivity index (χ1v) is 4.36. The highest BCUT2D eigenvalue weighted by molar-refractivity contribution is 5.21. The Morgan fingerprint density at radius 2 is 2.00 bits per heavy atom. The SMILES string of the molecule is c1ccc(OC2COCCO2)cc1. The van der Waals surface area contributed by atoms with E-state index in [1.54, 1.807) is 0 Å². The van der Waals surface area contributed by atoms with E-state index in [4.69, 9.17) is 14.2 Å². The summed E-state index contributed by atoms with van der Waals surface area (Å²) in [5.74, 6) is 0.818. The maximum atomic E-state index is 5.51. The largest absolute Gasteiger partial charge is 0.462 e. The molecule has 0 radical (unpaired) electrons. The smallest absolute Gasteiger partial charge is 0.223 e. The lowest BCUT2D eigenvalue weighted by molar-refractivity contribution is -0.170. The Morgan fingerprint density at radius 1 is 1.15 bits per heavy atom. The Morgan fingerprint density at radius 3 is 2.69 bits per heavy atom. The van der Waals surface area contributed by atoms with Crippen LogP contribution in [0.3, 0.4) is 0 Å². The lowest BCUT2D eigenvalue weighted by Gasteiger charge is -2.23. The molecule has 1 saturated heterocycles. The van der Waals surface area contributed by atoms with Crippen molar-refractivity contribution in [1.82, 2.24) is 0 Å². The van der Waals surface area contributed by atoms with Crippen LogP contribution in [0, 0.1) is 0 Å². The van der Waals surface area contributed by atoms with E-state index in [0.717, 1.165) is 5.75 Å². The molecule has 13 heavy (non-hydrogen) atoms. The zero-order chi connectivity index (χ0) is 8.93. The van der Waals surface area contributed by atoms with Crippen LogP contribution in [0.4, 0.5) is 0 Å². The molecule has 0 amide bonds. The summed E-state index contributed by atoms with van der Waals surface area (Å²) in [6, 6.07) is 9.61. The van der Waals surface area contributed by atoms with Crippen LogP contribution in [0.15, 0.2) is 30.3 Å². The first kappa shape index (κ1) is 8.53. The van der Waals surface area contributed by atoms with Crippen LogP contribution >= 0.6 is 0 Å². The summed E-state index contributed by atoms with van der Waals surface area (Å²) in [5.41, 5.74) is 0. The van der Waals surface area contributed by atoms with Crippen molar-refractivity contribution in [1.29, 1.82) is 0 Å². The standard InChI is InChI=1S/C10H12O3/c1-2-4-9(5-3-1)13-10-8-11-6-7-12-10/h1-5,10H,6-8H2. The van der Waals surface area contributed by atoms with Crippen molar-refractivity contribution < 1.29 is 14.2 Å². The van der Waals surface area contributed by atoms with Crippen LogP contribution in [0.1, 0.15) is 0 Å². The minimum Gasteiger partial charge on any atom is -0.462 e. The van der Waals surface area contributed by atoms with E-state index in [0.29, 0.717) is 19.8 Å². The van der Waals surface area contributed by atoms with Crippen molar-refractivity contribution in [2.75, 3.05) is 19.8 Å². The number of rotatable bonds is 2. The molecule has 0 saturated carbocycles. The molecule has 1 aromatic carbocycles. The molecule has 1 fully saturated rings. The first-order chi connectivity index (χ1) is 6.45. The van der Waals surface area contributed by atoms with Crippen LogP contribution in [0.25, 0.3) is 0 Å². The van der Waals surface area contributed by atoms with Gasteiger partial charge in [-0.1, -0.05) is 18.2 Å². The number of para-hydroxylation sites is 1. The van der Waals surface area contributed by atoms with Gasteiger partial charge >= 0.3 is 0 Å². The average Bonchev–Trinajstić information content (AvgIpc) is 2.21. The van der Waals surface area contributed by atoms with E-state index in [-0.39, 0.29) is 6.29 Å². The van der Waals surface area contributed by atoms with Gasteiger partial charge < -0.3 is 14.2 Å². The molecule has 3 heteroatoms. The Hall–Kier alpha value is -1.06. The molecule has 1 atom stereocenters. The predicted octanol–water partition coefficient (Wildman–Crippen LogP) is 1.44. The molecule has 3 nitrogen and oxygen atoms in total. The van der Waals surface area contributed by atoms with Crippen LogP contribution in [-0.2, 0) is 9.47 Å². The predicted molar refractivity (Wildman–Crippen MR) is 47.6 cm³/mol. The van der Waals surface area contributed by atoms with Crippen molar-refractivity contribution >= 4 is 0 Å². The van der Waals surface area contributed by atoms with Crippen molar-refractivity contribution in [2.24, 2.45) is 0 Å². The zero-order valence-electron chi connectivity index (χ0n) is 7.31. The second-order valence-corrected chi connectivity index (χ2v) is 2.81.